The Morgan fingerprint density at radius 2 is 2.42 bits per heavy atom. The van der Waals surface area contributed by atoms with Gasteiger partial charge in [-0.2, -0.15) is 5.26 Å². The topological polar surface area (TPSA) is 52.9 Å². The third kappa shape index (κ3) is 5.99. The normalized spacial score (nSPS) is 11.8. The fourth-order valence-corrected chi connectivity index (χ4v) is 0.896. The Kier molecular flexibility index (Phi) is 6.50. The van der Waals surface area contributed by atoms with Crippen LogP contribution in [0.1, 0.15) is 26.2 Å². The van der Waals surface area contributed by atoms with Crippen LogP contribution in [0, 0.1) is 11.3 Å². The van der Waals surface area contributed by atoms with Crippen LogP contribution in [0.25, 0.3) is 0 Å². The van der Waals surface area contributed by atoms with Crippen LogP contribution in [0.4, 0.5) is 0 Å². The molecule has 0 fully saturated rings. The van der Waals surface area contributed by atoms with Crippen molar-refractivity contribution in [2.45, 2.75) is 32.2 Å². The number of nitrogens with one attached hydrogen (secondary N) is 1. The molecule has 12 heavy (non-hydrogen) atoms. The Hall–Kier alpha value is -0.750. The van der Waals surface area contributed by atoms with Crippen LogP contribution in [-0.4, -0.2) is 17.8 Å². The summed E-state index contributed by atoms with van der Waals surface area (Å²) in [6.07, 6.45) is 1.48. The quantitative estimate of drug-likeness (QED) is 0.664. The zero-order valence-electron chi connectivity index (χ0n) is 7.14. The lowest BCUT2D eigenvalue weighted by atomic mass is 10.2. The van der Waals surface area contributed by atoms with E-state index >= 15 is 0 Å². The summed E-state index contributed by atoms with van der Waals surface area (Å²) in [6.45, 7) is 1.81. The van der Waals surface area contributed by atoms with Crippen molar-refractivity contribution < 1.29 is 4.79 Å². The molecule has 1 unspecified atom stereocenters. The standard InChI is InChI=1S/C8H13ClN2O/c1-7(4-6-10)11-8(12)3-2-5-9/h7H,2-5H2,1H3,(H,11,12). The molecule has 3 nitrogen and oxygen atoms in total. The second-order valence-corrected chi connectivity index (χ2v) is 3.00. The summed E-state index contributed by atoms with van der Waals surface area (Å²) in [5, 5.41) is 11.0. The number of hydrogen-bond acceptors (Lipinski definition) is 2. The molecule has 0 aliphatic heterocycles. The minimum absolute atomic E-state index is 0.0293. The molecule has 0 saturated heterocycles. The van der Waals surface area contributed by atoms with Crippen molar-refractivity contribution in [2.24, 2.45) is 0 Å². The summed E-state index contributed by atoms with van der Waals surface area (Å²) in [5.74, 6) is 0.471. The van der Waals surface area contributed by atoms with E-state index in [1.54, 1.807) is 0 Å². The number of halogens is 1. The maximum Gasteiger partial charge on any atom is 0.220 e. The van der Waals surface area contributed by atoms with Gasteiger partial charge < -0.3 is 5.32 Å². The maximum atomic E-state index is 11.0. The molecule has 0 spiro atoms. The smallest absolute Gasteiger partial charge is 0.220 e. The molecule has 1 atom stereocenters. The summed E-state index contributed by atoms with van der Waals surface area (Å²) in [5.41, 5.74) is 0. The Labute approximate surface area is 77.7 Å². The van der Waals surface area contributed by atoms with Gasteiger partial charge in [-0.1, -0.05) is 0 Å². The molecule has 0 aliphatic carbocycles. The monoisotopic (exact) mass is 188 g/mol. The maximum absolute atomic E-state index is 11.0. The number of alkyl halides is 1. The number of nitriles is 1. The summed E-state index contributed by atoms with van der Waals surface area (Å²) in [7, 11) is 0. The molecule has 0 heterocycles. The van der Waals surface area contributed by atoms with Gasteiger partial charge in [0, 0.05) is 18.3 Å². The third-order valence-corrected chi connectivity index (χ3v) is 1.61. The molecule has 0 aromatic heterocycles. The molecular weight excluding hydrogens is 176 g/mol. The summed E-state index contributed by atoms with van der Waals surface area (Å²) >= 11 is 5.41. The van der Waals surface area contributed by atoms with E-state index in [1.807, 2.05) is 13.0 Å². The molecule has 0 aromatic carbocycles. The molecule has 0 aromatic rings. The fraction of sp³-hybridized carbons (Fsp3) is 0.750. The summed E-state index contributed by atoms with van der Waals surface area (Å²) < 4.78 is 0. The van der Waals surface area contributed by atoms with Gasteiger partial charge in [0.2, 0.25) is 5.91 Å². The van der Waals surface area contributed by atoms with Crippen molar-refractivity contribution in [1.29, 1.82) is 5.26 Å². The SMILES string of the molecule is CC(CC#N)NC(=O)CCCCl. The molecule has 0 aliphatic rings. The molecule has 0 radical (unpaired) electrons. The van der Waals surface area contributed by atoms with Gasteiger partial charge in [0.1, 0.15) is 0 Å². The number of carbonyl (C=O) groups is 1. The minimum Gasteiger partial charge on any atom is -0.353 e. The molecule has 0 bridgehead atoms. The van der Waals surface area contributed by atoms with E-state index in [2.05, 4.69) is 5.32 Å². The highest BCUT2D eigenvalue weighted by Gasteiger charge is 2.05. The first-order valence-corrected chi connectivity index (χ1v) is 4.46. The van der Waals surface area contributed by atoms with Crippen molar-refractivity contribution in [3.05, 3.63) is 0 Å². The van der Waals surface area contributed by atoms with E-state index in [0.29, 0.717) is 25.1 Å². The average Bonchev–Trinajstić information content (AvgIpc) is 2.01. The highest BCUT2D eigenvalue weighted by Crippen LogP contribution is 1.94. The van der Waals surface area contributed by atoms with Gasteiger partial charge in [-0.25, -0.2) is 0 Å². The lowest BCUT2D eigenvalue weighted by Gasteiger charge is -2.08. The van der Waals surface area contributed by atoms with E-state index in [1.165, 1.54) is 0 Å². The third-order valence-electron chi connectivity index (χ3n) is 1.34. The first-order valence-electron chi connectivity index (χ1n) is 3.93. The van der Waals surface area contributed by atoms with E-state index in [0.717, 1.165) is 0 Å². The van der Waals surface area contributed by atoms with Gasteiger partial charge in [-0.15, -0.1) is 11.6 Å². The predicted octanol–water partition coefficient (Wildman–Crippen LogP) is 1.42. The van der Waals surface area contributed by atoms with Gasteiger partial charge in [0.05, 0.1) is 12.5 Å². The lowest BCUT2D eigenvalue weighted by Crippen LogP contribution is -2.31. The number of amides is 1. The zero-order chi connectivity index (χ0) is 9.40. The molecule has 0 saturated carbocycles. The minimum atomic E-state index is -0.0576. The van der Waals surface area contributed by atoms with Gasteiger partial charge in [-0.05, 0) is 13.3 Å². The van der Waals surface area contributed by atoms with Gasteiger partial charge >= 0.3 is 0 Å². The Balaban J connectivity index is 3.48. The Bertz CT molecular complexity index is 176. The van der Waals surface area contributed by atoms with E-state index in [4.69, 9.17) is 16.9 Å². The van der Waals surface area contributed by atoms with Gasteiger partial charge in [-0.3, -0.25) is 4.79 Å². The van der Waals surface area contributed by atoms with E-state index in [-0.39, 0.29) is 11.9 Å². The van der Waals surface area contributed by atoms with Crippen LogP contribution in [-0.2, 0) is 4.79 Å². The molecule has 1 amide bonds. The molecular formula is C8H13ClN2O. The average molecular weight is 189 g/mol. The van der Waals surface area contributed by atoms with Crippen molar-refractivity contribution in [1.82, 2.24) is 5.32 Å². The first-order chi connectivity index (χ1) is 5.70. The lowest BCUT2D eigenvalue weighted by molar-refractivity contribution is -0.121. The van der Waals surface area contributed by atoms with Crippen LogP contribution < -0.4 is 5.32 Å². The molecule has 0 rings (SSSR count). The zero-order valence-corrected chi connectivity index (χ0v) is 7.90. The Morgan fingerprint density at radius 1 is 1.75 bits per heavy atom. The van der Waals surface area contributed by atoms with E-state index in [9.17, 15) is 4.79 Å². The van der Waals surface area contributed by atoms with E-state index < -0.39 is 0 Å². The molecule has 4 heteroatoms. The predicted molar refractivity (Wildman–Crippen MR) is 47.8 cm³/mol. The van der Waals surface area contributed by atoms with Crippen LogP contribution in [0.2, 0.25) is 0 Å². The first kappa shape index (κ1) is 11.2. The van der Waals surface area contributed by atoms with Crippen LogP contribution in [0.3, 0.4) is 0 Å². The number of hydrogen-bond donors (Lipinski definition) is 1. The van der Waals surface area contributed by atoms with Gasteiger partial charge in [0.15, 0.2) is 0 Å². The second-order valence-electron chi connectivity index (χ2n) is 2.62. The Morgan fingerprint density at radius 3 is 2.92 bits per heavy atom. The highest BCUT2D eigenvalue weighted by atomic mass is 35.5. The highest BCUT2D eigenvalue weighted by molar-refractivity contribution is 6.17. The largest absolute Gasteiger partial charge is 0.353 e. The fourth-order valence-electron chi connectivity index (χ4n) is 0.762. The second kappa shape index (κ2) is 6.93. The summed E-state index contributed by atoms with van der Waals surface area (Å²) in [4.78, 5) is 11.0. The van der Waals surface area contributed by atoms with Crippen molar-refractivity contribution in [2.75, 3.05) is 5.88 Å². The van der Waals surface area contributed by atoms with Crippen molar-refractivity contribution >= 4 is 17.5 Å². The number of nitrogens with zero attached hydrogens (tertiary/aromatic N) is 1. The van der Waals surface area contributed by atoms with Crippen LogP contribution in [0.15, 0.2) is 0 Å². The summed E-state index contributed by atoms with van der Waals surface area (Å²) in [6, 6.07) is 1.93. The van der Waals surface area contributed by atoms with Gasteiger partial charge in [0.25, 0.3) is 0 Å². The van der Waals surface area contributed by atoms with Crippen molar-refractivity contribution in [3.8, 4) is 6.07 Å². The molecule has 1 N–H and O–H groups in total. The van der Waals surface area contributed by atoms with Crippen LogP contribution in [0.5, 0.6) is 0 Å². The molecule has 68 valence electrons. The number of rotatable bonds is 5. The van der Waals surface area contributed by atoms with Crippen molar-refractivity contribution in [3.63, 3.8) is 0 Å². The van der Waals surface area contributed by atoms with Crippen LogP contribution >= 0.6 is 11.6 Å². The number of carbonyl (C=O) groups excluding carboxylic acids is 1.